The molecule has 1 fully saturated rings. The molecule has 3 heteroatoms. The monoisotopic (exact) mass is 297 g/mol. The number of halogens is 1. The SMILES string of the molecule is Cc1nc(OC2CC(C)CC(C)C2)ccc1Br. The van der Waals surface area contributed by atoms with Crippen molar-refractivity contribution >= 4 is 15.9 Å². The van der Waals surface area contributed by atoms with Crippen molar-refractivity contribution in [2.75, 3.05) is 0 Å². The van der Waals surface area contributed by atoms with Gasteiger partial charge in [-0.3, -0.25) is 0 Å². The maximum Gasteiger partial charge on any atom is 0.213 e. The van der Waals surface area contributed by atoms with E-state index in [9.17, 15) is 0 Å². The van der Waals surface area contributed by atoms with Crippen LogP contribution in [-0.4, -0.2) is 11.1 Å². The molecule has 17 heavy (non-hydrogen) atoms. The molecule has 94 valence electrons. The summed E-state index contributed by atoms with van der Waals surface area (Å²) in [6.45, 7) is 6.61. The standard InChI is InChI=1S/C14H20BrNO/c1-9-6-10(2)8-12(7-9)17-14-5-4-13(15)11(3)16-14/h4-5,9-10,12H,6-8H2,1-3H3. The van der Waals surface area contributed by atoms with Crippen LogP contribution in [0.1, 0.15) is 38.8 Å². The first-order valence-corrected chi connectivity index (χ1v) is 7.13. The predicted molar refractivity (Wildman–Crippen MR) is 73.3 cm³/mol. The zero-order chi connectivity index (χ0) is 12.4. The lowest BCUT2D eigenvalue weighted by atomic mass is 9.82. The number of pyridine rings is 1. The van der Waals surface area contributed by atoms with Crippen LogP contribution in [-0.2, 0) is 0 Å². The molecule has 2 nitrogen and oxygen atoms in total. The molecule has 0 N–H and O–H groups in total. The molecule has 1 heterocycles. The molecule has 0 bridgehead atoms. The Morgan fingerprint density at radius 3 is 2.41 bits per heavy atom. The third-order valence-corrected chi connectivity index (χ3v) is 4.26. The van der Waals surface area contributed by atoms with Gasteiger partial charge in [0, 0.05) is 10.5 Å². The molecule has 1 saturated carbocycles. The summed E-state index contributed by atoms with van der Waals surface area (Å²) in [5.74, 6) is 2.29. The van der Waals surface area contributed by atoms with Crippen LogP contribution in [0, 0.1) is 18.8 Å². The molecule has 0 radical (unpaired) electrons. The van der Waals surface area contributed by atoms with Gasteiger partial charge in [0.15, 0.2) is 0 Å². The van der Waals surface area contributed by atoms with Crippen LogP contribution in [0.25, 0.3) is 0 Å². The Kier molecular flexibility index (Phi) is 4.08. The molecule has 1 aliphatic carbocycles. The average molecular weight is 298 g/mol. The van der Waals surface area contributed by atoms with Crippen LogP contribution >= 0.6 is 15.9 Å². The highest BCUT2D eigenvalue weighted by molar-refractivity contribution is 9.10. The van der Waals surface area contributed by atoms with Crippen molar-refractivity contribution in [1.29, 1.82) is 0 Å². The van der Waals surface area contributed by atoms with Gasteiger partial charge in [-0.25, -0.2) is 4.98 Å². The van der Waals surface area contributed by atoms with Gasteiger partial charge in [0.1, 0.15) is 6.10 Å². The van der Waals surface area contributed by atoms with Gasteiger partial charge in [0.25, 0.3) is 0 Å². The summed E-state index contributed by atoms with van der Waals surface area (Å²) in [4.78, 5) is 4.45. The first kappa shape index (κ1) is 12.9. The molecular weight excluding hydrogens is 278 g/mol. The quantitative estimate of drug-likeness (QED) is 0.809. The van der Waals surface area contributed by atoms with Crippen LogP contribution in [0.2, 0.25) is 0 Å². The fourth-order valence-corrected chi connectivity index (χ4v) is 2.95. The fourth-order valence-electron chi connectivity index (χ4n) is 2.73. The van der Waals surface area contributed by atoms with Crippen molar-refractivity contribution in [2.45, 2.75) is 46.1 Å². The van der Waals surface area contributed by atoms with Gasteiger partial charge in [-0.05, 0) is 60.0 Å². The molecule has 2 unspecified atom stereocenters. The van der Waals surface area contributed by atoms with E-state index in [1.54, 1.807) is 0 Å². The average Bonchev–Trinajstić information content (AvgIpc) is 2.22. The molecule has 2 rings (SSSR count). The van der Waals surface area contributed by atoms with Gasteiger partial charge in [0.2, 0.25) is 5.88 Å². The summed E-state index contributed by atoms with van der Waals surface area (Å²) in [7, 11) is 0. The Morgan fingerprint density at radius 1 is 1.18 bits per heavy atom. The number of nitrogens with zero attached hydrogens (tertiary/aromatic N) is 1. The van der Waals surface area contributed by atoms with E-state index in [2.05, 4.69) is 34.8 Å². The van der Waals surface area contributed by atoms with Crippen LogP contribution < -0.4 is 4.74 Å². The molecule has 1 aromatic rings. The Morgan fingerprint density at radius 2 is 1.82 bits per heavy atom. The minimum absolute atomic E-state index is 0.335. The van der Waals surface area contributed by atoms with Gasteiger partial charge in [-0.15, -0.1) is 0 Å². The summed E-state index contributed by atoms with van der Waals surface area (Å²) in [6, 6.07) is 3.95. The van der Waals surface area contributed by atoms with Crippen molar-refractivity contribution in [1.82, 2.24) is 4.98 Å². The molecule has 1 aliphatic rings. The molecule has 2 atom stereocenters. The molecular formula is C14H20BrNO. The van der Waals surface area contributed by atoms with Crippen molar-refractivity contribution in [2.24, 2.45) is 11.8 Å². The summed E-state index contributed by atoms with van der Waals surface area (Å²) >= 11 is 3.46. The summed E-state index contributed by atoms with van der Waals surface area (Å²) < 4.78 is 7.04. The number of aromatic nitrogens is 1. The predicted octanol–water partition coefficient (Wildman–Crippen LogP) is 4.36. The number of ether oxygens (including phenoxy) is 1. The first-order chi connectivity index (χ1) is 8.04. The maximum absolute atomic E-state index is 6.00. The highest BCUT2D eigenvalue weighted by Crippen LogP contribution is 2.31. The van der Waals surface area contributed by atoms with E-state index in [1.165, 1.54) is 6.42 Å². The van der Waals surface area contributed by atoms with Crippen molar-refractivity contribution in [3.05, 3.63) is 22.3 Å². The molecule has 0 amide bonds. The largest absolute Gasteiger partial charge is 0.474 e. The van der Waals surface area contributed by atoms with Crippen molar-refractivity contribution < 1.29 is 4.74 Å². The Bertz CT molecular complexity index is 384. The van der Waals surface area contributed by atoms with Crippen molar-refractivity contribution in [3.8, 4) is 5.88 Å². The van der Waals surface area contributed by atoms with E-state index in [4.69, 9.17) is 4.74 Å². The van der Waals surface area contributed by atoms with E-state index in [0.29, 0.717) is 6.10 Å². The van der Waals surface area contributed by atoms with E-state index in [-0.39, 0.29) is 0 Å². The second-order valence-corrected chi connectivity index (χ2v) is 6.23. The fraction of sp³-hybridized carbons (Fsp3) is 0.643. The molecule has 1 aromatic heterocycles. The maximum atomic E-state index is 6.00. The Hall–Kier alpha value is -0.570. The van der Waals surface area contributed by atoms with Crippen LogP contribution in [0.3, 0.4) is 0 Å². The van der Waals surface area contributed by atoms with Gasteiger partial charge >= 0.3 is 0 Å². The van der Waals surface area contributed by atoms with E-state index >= 15 is 0 Å². The number of hydrogen-bond donors (Lipinski definition) is 0. The summed E-state index contributed by atoms with van der Waals surface area (Å²) in [6.07, 6.45) is 3.97. The highest BCUT2D eigenvalue weighted by atomic mass is 79.9. The van der Waals surface area contributed by atoms with Crippen molar-refractivity contribution in [3.63, 3.8) is 0 Å². The lowest BCUT2D eigenvalue weighted by Crippen LogP contribution is -2.28. The Labute approximate surface area is 112 Å². The summed E-state index contributed by atoms with van der Waals surface area (Å²) in [5.41, 5.74) is 0.986. The van der Waals surface area contributed by atoms with Gasteiger partial charge in [-0.1, -0.05) is 13.8 Å². The Balaban J connectivity index is 2.02. The number of aryl methyl sites for hydroxylation is 1. The van der Waals surface area contributed by atoms with E-state index in [1.807, 2.05) is 19.1 Å². The zero-order valence-electron chi connectivity index (χ0n) is 10.7. The van der Waals surface area contributed by atoms with Crippen LogP contribution in [0.15, 0.2) is 16.6 Å². The second-order valence-electron chi connectivity index (χ2n) is 5.37. The van der Waals surface area contributed by atoms with Gasteiger partial charge < -0.3 is 4.74 Å². The zero-order valence-corrected chi connectivity index (χ0v) is 12.3. The molecule has 0 saturated heterocycles. The number of hydrogen-bond acceptors (Lipinski definition) is 2. The third-order valence-electron chi connectivity index (χ3n) is 3.42. The van der Waals surface area contributed by atoms with Crippen LogP contribution in [0.5, 0.6) is 5.88 Å². The number of rotatable bonds is 2. The topological polar surface area (TPSA) is 22.1 Å². The minimum atomic E-state index is 0.335. The molecule has 0 aromatic carbocycles. The van der Waals surface area contributed by atoms with Crippen LogP contribution in [0.4, 0.5) is 0 Å². The van der Waals surface area contributed by atoms with Gasteiger partial charge in [-0.2, -0.15) is 0 Å². The minimum Gasteiger partial charge on any atom is -0.474 e. The second kappa shape index (κ2) is 5.38. The molecule has 0 spiro atoms. The highest BCUT2D eigenvalue weighted by Gasteiger charge is 2.25. The molecule has 0 aliphatic heterocycles. The van der Waals surface area contributed by atoms with Gasteiger partial charge in [0.05, 0.1) is 5.69 Å². The smallest absolute Gasteiger partial charge is 0.213 e. The first-order valence-electron chi connectivity index (χ1n) is 6.34. The van der Waals surface area contributed by atoms with E-state index in [0.717, 1.165) is 40.7 Å². The normalized spacial score (nSPS) is 29.1. The lowest BCUT2D eigenvalue weighted by Gasteiger charge is -2.31. The summed E-state index contributed by atoms with van der Waals surface area (Å²) in [5, 5.41) is 0. The third kappa shape index (κ3) is 3.44. The lowest BCUT2D eigenvalue weighted by molar-refractivity contribution is 0.0965. The van der Waals surface area contributed by atoms with E-state index < -0.39 is 0 Å².